The molecule has 0 radical (unpaired) electrons. The molecule has 0 atom stereocenters. The summed E-state index contributed by atoms with van der Waals surface area (Å²) >= 11 is 1.56. The number of hydrogen-bond acceptors (Lipinski definition) is 6. The molecule has 1 amide bonds. The molecule has 6 nitrogen and oxygen atoms in total. The summed E-state index contributed by atoms with van der Waals surface area (Å²) in [4.78, 5) is 30.4. The molecule has 5 rings (SSSR count). The standard InChI is InChI=1S/C23H16N2O4S/c26-19(15-4-3-5-16(14-15)25-12-13-28-23(25)27)10-8-17-9-11-20(29-17)22-24-18-6-1-2-7-21(18)30-22/h1-11,14H,12-13H2/b10-8+. The highest BCUT2D eigenvalue weighted by molar-refractivity contribution is 7.21. The van der Waals surface area contributed by atoms with E-state index < -0.39 is 6.09 Å². The Bertz CT molecular complexity index is 1250. The van der Waals surface area contributed by atoms with Gasteiger partial charge in [-0.15, -0.1) is 11.3 Å². The lowest BCUT2D eigenvalue weighted by atomic mass is 10.1. The lowest BCUT2D eigenvalue weighted by Gasteiger charge is -2.13. The van der Waals surface area contributed by atoms with Crippen LogP contribution in [0.5, 0.6) is 0 Å². The summed E-state index contributed by atoms with van der Waals surface area (Å²) in [6, 6.07) is 18.5. The molecule has 4 aromatic rings. The minimum atomic E-state index is -0.395. The van der Waals surface area contributed by atoms with Gasteiger partial charge in [0.2, 0.25) is 0 Å². The molecule has 0 bridgehead atoms. The predicted octanol–water partition coefficient (Wildman–Crippen LogP) is 5.41. The topological polar surface area (TPSA) is 72.6 Å². The maximum atomic E-state index is 12.6. The summed E-state index contributed by atoms with van der Waals surface area (Å²) in [5.74, 6) is 1.05. The van der Waals surface area contributed by atoms with Gasteiger partial charge in [0.1, 0.15) is 12.4 Å². The zero-order valence-electron chi connectivity index (χ0n) is 15.8. The van der Waals surface area contributed by atoms with Crippen LogP contribution in [0.25, 0.3) is 27.1 Å². The minimum absolute atomic E-state index is 0.178. The Morgan fingerprint density at radius 2 is 2.00 bits per heavy atom. The van der Waals surface area contributed by atoms with Crippen LogP contribution in [0.2, 0.25) is 0 Å². The molecule has 1 saturated heterocycles. The molecule has 2 aromatic heterocycles. The highest BCUT2D eigenvalue weighted by Gasteiger charge is 2.23. The second-order valence-corrected chi connectivity index (χ2v) is 7.73. The second-order valence-electron chi connectivity index (χ2n) is 6.70. The van der Waals surface area contributed by atoms with Gasteiger partial charge in [0.25, 0.3) is 0 Å². The number of rotatable bonds is 5. The molecule has 1 fully saturated rings. The van der Waals surface area contributed by atoms with Crippen LogP contribution >= 0.6 is 11.3 Å². The normalized spacial score (nSPS) is 14.0. The zero-order chi connectivity index (χ0) is 20.5. The van der Waals surface area contributed by atoms with Crippen LogP contribution in [0.15, 0.2) is 71.2 Å². The first kappa shape index (κ1) is 18.3. The number of hydrogen-bond donors (Lipinski definition) is 0. The number of furan rings is 1. The number of nitrogens with zero attached hydrogens (tertiary/aromatic N) is 2. The van der Waals surface area contributed by atoms with Gasteiger partial charge in [-0.2, -0.15) is 0 Å². The monoisotopic (exact) mass is 416 g/mol. The van der Waals surface area contributed by atoms with E-state index in [2.05, 4.69) is 4.98 Å². The fourth-order valence-electron chi connectivity index (χ4n) is 3.24. The Balaban J connectivity index is 1.33. The Kier molecular flexibility index (Phi) is 4.65. The number of fused-ring (bicyclic) bond motifs is 1. The molecular weight excluding hydrogens is 400 g/mol. The molecule has 0 N–H and O–H groups in total. The van der Waals surface area contributed by atoms with Crippen LogP contribution in [-0.2, 0) is 4.74 Å². The van der Waals surface area contributed by atoms with Crippen LogP contribution in [0.3, 0.4) is 0 Å². The van der Waals surface area contributed by atoms with E-state index in [-0.39, 0.29) is 5.78 Å². The van der Waals surface area contributed by atoms with E-state index in [4.69, 9.17) is 9.15 Å². The number of thiazole rings is 1. The first-order valence-electron chi connectivity index (χ1n) is 9.40. The molecule has 2 aromatic carbocycles. The third-order valence-corrected chi connectivity index (χ3v) is 5.78. The minimum Gasteiger partial charge on any atom is -0.454 e. The molecule has 7 heteroatoms. The van der Waals surface area contributed by atoms with Gasteiger partial charge in [0.05, 0.1) is 16.8 Å². The number of ketones is 1. The van der Waals surface area contributed by atoms with Crippen LogP contribution < -0.4 is 4.90 Å². The largest absolute Gasteiger partial charge is 0.454 e. The fourth-order valence-corrected chi connectivity index (χ4v) is 4.17. The second kappa shape index (κ2) is 7.61. The van der Waals surface area contributed by atoms with Crippen LogP contribution in [0.1, 0.15) is 16.1 Å². The van der Waals surface area contributed by atoms with Crippen LogP contribution in [-0.4, -0.2) is 30.0 Å². The zero-order valence-corrected chi connectivity index (χ0v) is 16.6. The average molecular weight is 416 g/mol. The van der Waals surface area contributed by atoms with E-state index in [1.165, 1.54) is 11.0 Å². The number of para-hydroxylation sites is 1. The molecule has 0 aliphatic carbocycles. The number of cyclic esters (lactones) is 1. The van der Waals surface area contributed by atoms with Gasteiger partial charge < -0.3 is 9.15 Å². The van der Waals surface area contributed by atoms with Crippen molar-refractivity contribution in [2.45, 2.75) is 0 Å². The summed E-state index contributed by atoms with van der Waals surface area (Å²) in [6.07, 6.45) is 2.70. The average Bonchev–Trinajstić information content (AvgIpc) is 3.51. The fraction of sp³-hybridized carbons (Fsp3) is 0.0870. The molecule has 0 spiro atoms. The van der Waals surface area contributed by atoms with Crippen molar-refractivity contribution >= 4 is 45.2 Å². The van der Waals surface area contributed by atoms with Crippen molar-refractivity contribution in [2.24, 2.45) is 0 Å². The molecule has 1 aliphatic heterocycles. The van der Waals surface area contributed by atoms with E-state index in [0.717, 1.165) is 15.2 Å². The van der Waals surface area contributed by atoms with Gasteiger partial charge in [0.15, 0.2) is 16.6 Å². The molecule has 148 valence electrons. The van der Waals surface area contributed by atoms with E-state index in [0.29, 0.717) is 35.9 Å². The molecule has 3 heterocycles. The van der Waals surface area contributed by atoms with E-state index in [9.17, 15) is 9.59 Å². The lowest BCUT2D eigenvalue weighted by Crippen LogP contribution is -2.23. The Morgan fingerprint density at radius 3 is 2.83 bits per heavy atom. The van der Waals surface area contributed by atoms with Crippen molar-refractivity contribution in [1.82, 2.24) is 4.98 Å². The highest BCUT2D eigenvalue weighted by atomic mass is 32.1. The Labute approximate surface area is 176 Å². The molecule has 0 saturated carbocycles. The number of carbonyl (C=O) groups excluding carboxylic acids is 2. The highest BCUT2D eigenvalue weighted by Crippen LogP contribution is 2.31. The van der Waals surface area contributed by atoms with E-state index in [1.807, 2.05) is 36.4 Å². The maximum Gasteiger partial charge on any atom is 0.414 e. The SMILES string of the molecule is O=C(/C=C/c1ccc(-c2nc3ccccc3s2)o1)c1cccc(N2CCOC2=O)c1. The molecular formula is C23H16N2O4S. The quantitative estimate of drug-likeness (QED) is 0.321. The van der Waals surface area contributed by atoms with Gasteiger partial charge in [-0.25, -0.2) is 9.78 Å². The van der Waals surface area contributed by atoms with Crippen molar-refractivity contribution in [1.29, 1.82) is 0 Å². The van der Waals surface area contributed by atoms with Crippen molar-refractivity contribution in [2.75, 3.05) is 18.1 Å². The van der Waals surface area contributed by atoms with Crippen molar-refractivity contribution in [3.63, 3.8) is 0 Å². The molecule has 1 aliphatic rings. The Hall–Kier alpha value is -3.71. The number of aromatic nitrogens is 1. The van der Waals surface area contributed by atoms with Gasteiger partial charge >= 0.3 is 6.09 Å². The summed E-state index contributed by atoms with van der Waals surface area (Å²) in [5, 5.41) is 0.798. The van der Waals surface area contributed by atoms with Crippen molar-refractivity contribution in [3.8, 4) is 10.8 Å². The summed E-state index contributed by atoms with van der Waals surface area (Å²) < 4.78 is 11.9. The van der Waals surface area contributed by atoms with Gasteiger partial charge in [-0.05, 0) is 48.6 Å². The van der Waals surface area contributed by atoms with E-state index >= 15 is 0 Å². The van der Waals surface area contributed by atoms with Gasteiger partial charge in [-0.1, -0.05) is 24.3 Å². The maximum absolute atomic E-state index is 12.6. The third-order valence-electron chi connectivity index (χ3n) is 4.73. The first-order valence-corrected chi connectivity index (χ1v) is 10.2. The first-order chi connectivity index (χ1) is 14.7. The number of amides is 1. The molecule has 30 heavy (non-hydrogen) atoms. The number of benzene rings is 2. The van der Waals surface area contributed by atoms with E-state index in [1.54, 1.807) is 41.7 Å². The summed E-state index contributed by atoms with van der Waals surface area (Å²) in [6.45, 7) is 0.833. The van der Waals surface area contributed by atoms with Crippen molar-refractivity contribution in [3.05, 3.63) is 78.1 Å². The van der Waals surface area contributed by atoms with Gasteiger partial charge in [-0.3, -0.25) is 9.69 Å². The number of allylic oxidation sites excluding steroid dienone is 1. The number of anilines is 1. The summed E-state index contributed by atoms with van der Waals surface area (Å²) in [7, 11) is 0. The third kappa shape index (κ3) is 3.51. The van der Waals surface area contributed by atoms with Crippen LogP contribution in [0.4, 0.5) is 10.5 Å². The van der Waals surface area contributed by atoms with Crippen molar-refractivity contribution < 1.29 is 18.7 Å². The smallest absolute Gasteiger partial charge is 0.414 e. The number of ether oxygens (including phenoxy) is 1. The summed E-state index contributed by atoms with van der Waals surface area (Å²) in [5.41, 5.74) is 2.07. The number of carbonyl (C=O) groups is 2. The molecule has 0 unspecified atom stereocenters. The predicted molar refractivity (Wildman–Crippen MR) is 116 cm³/mol. The Morgan fingerprint density at radius 1 is 1.10 bits per heavy atom. The van der Waals surface area contributed by atoms with Crippen LogP contribution in [0, 0.1) is 0 Å². The lowest BCUT2D eigenvalue weighted by molar-refractivity contribution is 0.104. The van der Waals surface area contributed by atoms with Gasteiger partial charge in [0, 0.05) is 11.3 Å².